The Kier molecular flexibility index (Phi) is 8.20. The fourth-order valence-electron chi connectivity index (χ4n) is 3.11. The molecule has 0 aliphatic carbocycles. The Balaban J connectivity index is 1.86. The Morgan fingerprint density at radius 1 is 0.938 bits per heavy atom. The van der Waals surface area contributed by atoms with Crippen LogP contribution in [-0.4, -0.2) is 25.2 Å². The van der Waals surface area contributed by atoms with Gasteiger partial charge >= 0.3 is 0 Å². The average Bonchev–Trinajstić information content (AvgIpc) is 2.76. The molecule has 1 N–H and O–H groups in total. The van der Waals surface area contributed by atoms with E-state index in [1.165, 1.54) is 18.2 Å². The third kappa shape index (κ3) is 6.24. The van der Waals surface area contributed by atoms with E-state index in [9.17, 15) is 13.2 Å². The van der Waals surface area contributed by atoms with Crippen LogP contribution in [-0.2, 0) is 21.4 Å². The summed E-state index contributed by atoms with van der Waals surface area (Å²) in [7, 11) is -4.11. The topological polar surface area (TPSA) is 66.5 Å². The van der Waals surface area contributed by atoms with E-state index in [2.05, 4.69) is 5.32 Å². The van der Waals surface area contributed by atoms with E-state index in [-0.39, 0.29) is 27.5 Å². The molecule has 0 heterocycles. The summed E-state index contributed by atoms with van der Waals surface area (Å²) >= 11 is 18.1. The fraction of sp³-hybridized carbons (Fsp3) is 0.174. The van der Waals surface area contributed by atoms with Crippen molar-refractivity contribution >= 4 is 50.7 Å². The van der Waals surface area contributed by atoms with Gasteiger partial charge in [0.25, 0.3) is 0 Å². The molecule has 0 radical (unpaired) electrons. The van der Waals surface area contributed by atoms with Gasteiger partial charge in [-0.2, -0.15) is 4.31 Å². The smallest absolute Gasteiger partial charge is 0.245 e. The van der Waals surface area contributed by atoms with Crippen LogP contribution in [0.2, 0.25) is 15.1 Å². The van der Waals surface area contributed by atoms with Crippen LogP contribution in [0.25, 0.3) is 0 Å². The molecule has 3 aromatic carbocycles. The summed E-state index contributed by atoms with van der Waals surface area (Å²) in [6.07, 6.45) is 0. The summed E-state index contributed by atoms with van der Waals surface area (Å²) in [5.74, 6) is -0.454. The molecule has 3 aromatic rings. The molecule has 0 aliphatic rings. The molecule has 0 saturated heterocycles. The molecule has 32 heavy (non-hydrogen) atoms. The van der Waals surface area contributed by atoms with E-state index in [4.69, 9.17) is 34.8 Å². The highest BCUT2D eigenvalue weighted by atomic mass is 35.5. The van der Waals surface area contributed by atoms with Gasteiger partial charge in [-0.25, -0.2) is 8.42 Å². The van der Waals surface area contributed by atoms with Gasteiger partial charge in [0.05, 0.1) is 17.6 Å². The molecule has 168 valence electrons. The first kappa shape index (κ1) is 24.6. The fourth-order valence-corrected chi connectivity index (χ4v) is 5.36. The van der Waals surface area contributed by atoms with Crippen LogP contribution in [0.5, 0.6) is 0 Å². The Morgan fingerprint density at radius 2 is 1.56 bits per heavy atom. The van der Waals surface area contributed by atoms with E-state index in [1.54, 1.807) is 48.5 Å². The van der Waals surface area contributed by atoms with Crippen LogP contribution >= 0.6 is 34.8 Å². The van der Waals surface area contributed by atoms with E-state index >= 15 is 0 Å². The molecule has 5 nitrogen and oxygen atoms in total. The summed E-state index contributed by atoms with van der Waals surface area (Å²) in [5, 5.41) is 3.68. The lowest BCUT2D eigenvalue weighted by Crippen LogP contribution is -2.41. The molecule has 0 fully saturated rings. The van der Waals surface area contributed by atoms with Gasteiger partial charge < -0.3 is 5.32 Å². The minimum absolute atomic E-state index is 0.00520. The predicted octanol–water partition coefficient (Wildman–Crippen LogP) is 5.72. The number of hydrogen-bond acceptors (Lipinski definition) is 3. The molecule has 3 rings (SSSR count). The van der Waals surface area contributed by atoms with E-state index in [0.717, 1.165) is 15.4 Å². The largest absolute Gasteiger partial charge is 0.348 e. The number of sulfonamides is 1. The van der Waals surface area contributed by atoms with Crippen LogP contribution < -0.4 is 5.32 Å². The molecule has 0 spiro atoms. The number of amides is 1. The number of carbonyl (C=O) groups excluding carboxylic acids is 1. The Morgan fingerprint density at radius 3 is 2.22 bits per heavy atom. The molecule has 1 unspecified atom stereocenters. The number of nitrogens with zero attached hydrogens (tertiary/aromatic N) is 1. The average molecular weight is 512 g/mol. The van der Waals surface area contributed by atoms with Gasteiger partial charge in [-0.1, -0.05) is 77.3 Å². The SMILES string of the molecule is CC(NC(=O)CN(Cc1ccccc1)S(=O)(=O)c1cc(Cl)ccc1Cl)c1ccc(Cl)cc1. The van der Waals surface area contributed by atoms with Gasteiger partial charge in [0.1, 0.15) is 4.90 Å². The molecular weight excluding hydrogens is 491 g/mol. The lowest BCUT2D eigenvalue weighted by Gasteiger charge is -2.24. The molecule has 1 atom stereocenters. The molecule has 1 amide bonds. The predicted molar refractivity (Wildman–Crippen MR) is 129 cm³/mol. The summed E-state index contributed by atoms with van der Waals surface area (Å²) in [4.78, 5) is 12.7. The molecule has 0 saturated carbocycles. The highest BCUT2D eigenvalue weighted by Crippen LogP contribution is 2.28. The highest BCUT2D eigenvalue weighted by Gasteiger charge is 2.29. The van der Waals surface area contributed by atoms with E-state index < -0.39 is 22.5 Å². The number of benzene rings is 3. The molecular formula is C23H21Cl3N2O3S. The number of rotatable bonds is 8. The maximum Gasteiger partial charge on any atom is 0.245 e. The highest BCUT2D eigenvalue weighted by molar-refractivity contribution is 7.89. The van der Waals surface area contributed by atoms with Crippen molar-refractivity contribution in [3.05, 3.63) is 99.0 Å². The first-order chi connectivity index (χ1) is 15.2. The number of halogens is 3. The Hall–Kier alpha value is -2.09. The lowest BCUT2D eigenvalue weighted by atomic mass is 10.1. The summed E-state index contributed by atoms with van der Waals surface area (Å²) in [6, 6.07) is 19.9. The first-order valence-corrected chi connectivity index (χ1v) is 12.3. The maximum absolute atomic E-state index is 13.4. The van der Waals surface area contributed by atoms with Crippen molar-refractivity contribution in [1.82, 2.24) is 9.62 Å². The zero-order valence-electron chi connectivity index (χ0n) is 17.1. The third-order valence-electron chi connectivity index (χ3n) is 4.78. The number of nitrogens with one attached hydrogen (secondary N) is 1. The van der Waals surface area contributed by atoms with Crippen molar-refractivity contribution in [2.75, 3.05) is 6.54 Å². The van der Waals surface area contributed by atoms with Crippen molar-refractivity contribution in [1.29, 1.82) is 0 Å². The summed E-state index contributed by atoms with van der Waals surface area (Å²) in [6.45, 7) is 1.41. The van der Waals surface area contributed by atoms with Gasteiger partial charge in [0, 0.05) is 16.6 Å². The van der Waals surface area contributed by atoms with Crippen LogP contribution in [0.15, 0.2) is 77.7 Å². The minimum Gasteiger partial charge on any atom is -0.348 e. The van der Waals surface area contributed by atoms with Crippen LogP contribution in [0.1, 0.15) is 24.1 Å². The molecule has 0 bridgehead atoms. The van der Waals surface area contributed by atoms with Crippen molar-refractivity contribution < 1.29 is 13.2 Å². The monoisotopic (exact) mass is 510 g/mol. The van der Waals surface area contributed by atoms with Crippen LogP contribution in [0.4, 0.5) is 0 Å². The van der Waals surface area contributed by atoms with Gasteiger partial charge in [0.2, 0.25) is 15.9 Å². The lowest BCUT2D eigenvalue weighted by molar-refractivity contribution is -0.122. The second kappa shape index (κ2) is 10.7. The zero-order chi connectivity index (χ0) is 23.3. The van der Waals surface area contributed by atoms with Crippen molar-refractivity contribution in [3.63, 3.8) is 0 Å². The van der Waals surface area contributed by atoms with Crippen molar-refractivity contribution in [2.45, 2.75) is 24.4 Å². The van der Waals surface area contributed by atoms with Gasteiger partial charge in [-0.05, 0) is 48.4 Å². The minimum atomic E-state index is -4.11. The van der Waals surface area contributed by atoms with Crippen LogP contribution in [0.3, 0.4) is 0 Å². The third-order valence-corrected chi connectivity index (χ3v) is 7.54. The van der Waals surface area contributed by atoms with Crippen LogP contribution in [0, 0.1) is 0 Å². The van der Waals surface area contributed by atoms with Gasteiger partial charge in [0.15, 0.2) is 0 Å². The molecule has 9 heteroatoms. The Bertz CT molecular complexity index is 1190. The standard InChI is InChI=1S/C23H21Cl3N2O3S/c1-16(18-7-9-19(24)10-8-18)27-23(29)15-28(14-17-5-3-2-4-6-17)32(30,31)22-13-20(25)11-12-21(22)26/h2-13,16H,14-15H2,1H3,(H,27,29). The first-order valence-electron chi connectivity index (χ1n) is 9.71. The zero-order valence-corrected chi connectivity index (χ0v) is 20.2. The summed E-state index contributed by atoms with van der Waals surface area (Å²) in [5.41, 5.74) is 1.57. The Labute approximate surface area is 203 Å². The van der Waals surface area contributed by atoms with Gasteiger partial charge in [-0.3, -0.25) is 4.79 Å². The van der Waals surface area contributed by atoms with E-state index in [1.807, 2.05) is 13.0 Å². The number of hydrogen-bond donors (Lipinski definition) is 1. The second-order valence-corrected chi connectivity index (χ2v) is 10.4. The summed E-state index contributed by atoms with van der Waals surface area (Å²) < 4.78 is 27.9. The second-order valence-electron chi connectivity index (χ2n) is 7.17. The van der Waals surface area contributed by atoms with Crippen molar-refractivity contribution in [2.24, 2.45) is 0 Å². The van der Waals surface area contributed by atoms with Gasteiger partial charge in [-0.15, -0.1) is 0 Å². The normalized spacial score (nSPS) is 12.5. The molecule has 0 aliphatic heterocycles. The van der Waals surface area contributed by atoms with Crippen molar-refractivity contribution in [3.8, 4) is 0 Å². The maximum atomic E-state index is 13.4. The number of carbonyl (C=O) groups is 1. The van der Waals surface area contributed by atoms with E-state index in [0.29, 0.717) is 5.02 Å². The quantitative estimate of drug-likeness (QED) is 0.421. The molecule has 0 aromatic heterocycles.